The van der Waals surface area contributed by atoms with Crippen LogP contribution in [0.4, 0.5) is 0 Å². The van der Waals surface area contributed by atoms with Gasteiger partial charge < -0.3 is 9.67 Å². The number of hydrogen-bond acceptors (Lipinski definition) is 2. The van der Waals surface area contributed by atoms with Gasteiger partial charge in [-0.05, 0) is 19.8 Å². The average Bonchev–Trinajstić information content (AvgIpc) is 2.56. The van der Waals surface area contributed by atoms with Crippen molar-refractivity contribution in [2.24, 2.45) is 7.05 Å². The molecular formula is C13H22N2O. The molecule has 1 fully saturated rings. The van der Waals surface area contributed by atoms with Crippen LogP contribution in [0.2, 0.25) is 0 Å². The van der Waals surface area contributed by atoms with E-state index in [4.69, 9.17) is 5.11 Å². The first-order valence-corrected chi connectivity index (χ1v) is 6.37. The molecule has 0 saturated heterocycles. The predicted octanol–water partition coefficient (Wildman–Crippen LogP) is 2.31. The van der Waals surface area contributed by atoms with Crippen LogP contribution in [0, 0.1) is 6.92 Å². The molecule has 1 aromatic heterocycles. The predicted molar refractivity (Wildman–Crippen MR) is 64.6 cm³/mol. The minimum absolute atomic E-state index is 0.189. The molecule has 1 aromatic rings. The average molecular weight is 222 g/mol. The van der Waals surface area contributed by atoms with Crippen LogP contribution in [0.3, 0.4) is 0 Å². The summed E-state index contributed by atoms with van der Waals surface area (Å²) in [7, 11) is 2.09. The van der Waals surface area contributed by atoms with Gasteiger partial charge in [0.15, 0.2) is 0 Å². The molecule has 1 aliphatic rings. The Hall–Kier alpha value is -0.830. The Morgan fingerprint density at radius 2 is 2.00 bits per heavy atom. The van der Waals surface area contributed by atoms with Crippen molar-refractivity contribution in [1.29, 1.82) is 0 Å². The van der Waals surface area contributed by atoms with Crippen molar-refractivity contribution in [1.82, 2.24) is 9.55 Å². The third-order valence-corrected chi connectivity index (χ3v) is 3.74. The van der Waals surface area contributed by atoms with Gasteiger partial charge in [0.1, 0.15) is 5.82 Å². The lowest BCUT2D eigenvalue weighted by atomic mass is 9.86. The van der Waals surface area contributed by atoms with Gasteiger partial charge in [0.25, 0.3) is 0 Å². The number of imidazole rings is 1. The minimum atomic E-state index is 0.189. The maximum Gasteiger partial charge on any atom is 0.111 e. The molecule has 0 atom stereocenters. The van der Waals surface area contributed by atoms with Gasteiger partial charge in [0.2, 0.25) is 0 Å². The molecule has 3 heteroatoms. The Morgan fingerprint density at radius 1 is 1.31 bits per heavy atom. The zero-order valence-corrected chi connectivity index (χ0v) is 10.4. The molecule has 0 amide bonds. The zero-order valence-electron chi connectivity index (χ0n) is 10.4. The van der Waals surface area contributed by atoms with Crippen molar-refractivity contribution in [2.75, 3.05) is 6.61 Å². The molecule has 1 aliphatic carbocycles. The second kappa shape index (κ2) is 5.00. The quantitative estimate of drug-likeness (QED) is 0.852. The van der Waals surface area contributed by atoms with E-state index in [1.54, 1.807) is 0 Å². The molecular weight excluding hydrogens is 200 g/mol. The first-order valence-electron chi connectivity index (χ1n) is 6.37. The topological polar surface area (TPSA) is 38.1 Å². The summed E-state index contributed by atoms with van der Waals surface area (Å²) in [6.45, 7) is 2.29. The van der Waals surface area contributed by atoms with Crippen LogP contribution < -0.4 is 0 Å². The number of aromatic nitrogens is 2. The summed E-state index contributed by atoms with van der Waals surface area (Å²) >= 11 is 0. The fourth-order valence-corrected chi connectivity index (χ4v) is 2.98. The highest BCUT2D eigenvalue weighted by molar-refractivity contribution is 5.20. The first-order chi connectivity index (χ1) is 7.74. The second-order valence-electron chi connectivity index (χ2n) is 4.87. The van der Waals surface area contributed by atoms with Gasteiger partial charge in [-0.25, -0.2) is 4.98 Å². The van der Waals surface area contributed by atoms with Crippen molar-refractivity contribution >= 4 is 0 Å². The minimum Gasteiger partial charge on any atom is -0.396 e. The van der Waals surface area contributed by atoms with E-state index in [1.807, 2.05) is 0 Å². The summed E-state index contributed by atoms with van der Waals surface area (Å²) < 4.78 is 2.21. The summed E-state index contributed by atoms with van der Waals surface area (Å²) in [6, 6.07) is 0. The molecule has 1 N–H and O–H groups in total. The zero-order chi connectivity index (χ0) is 11.5. The van der Waals surface area contributed by atoms with Crippen molar-refractivity contribution < 1.29 is 5.11 Å². The van der Waals surface area contributed by atoms with Gasteiger partial charge in [-0.15, -0.1) is 0 Å². The number of aryl methyl sites for hydroxylation is 1. The molecule has 0 aliphatic heterocycles. The fraction of sp³-hybridized carbons (Fsp3) is 0.769. The smallest absolute Gasteiger partial charge is 0.111 e. The van der Waals surface area contributed by atoms with Crippen LogP contribution in [0.1, 0.15) is 55.2 Å². The Bertz CT molecular complexity index is 351. The molecule has 0 spiro atoms. The van der Waals surface area contributed by atoms with Crippen LogP contribution >= 0.6 is 0 Å². The van der Waals surface area contributed by atoms with E-state index in [0.29, 0.717) is 12.3 Å². The highest BCUT2D eigenvalue weighted by Crippen LogP contribution is 2.34. The largest absolute Gasteiger partial charge is 0.396 e. The summed E-state index contributed by atoms with van der Waals surface area (Å²) in [4.78, 5) is 4.58. The molecule has 2 rings (SSSR count). The van der Waals surface area contributed by atoms with Crippen LogP contribution in [0.5, 0.6) is 0 Å². The Kier molecular flexibility index (Phi) is 3.64. The number of aliphatic hydroxyl groups excluding tert-OH is 1. The number of hydrogen-bond donors (Lipinski definition) is 1. The van der Waals surface area contributed by atoms with Gasteiger partial charge in [-0.1, -0.05) is 19.3 Å². The van der Waals surface area contributed by atoms with E-state index >= 15 is 0 Å². The van der Waals surface area contributed by atoms with Crippen molar-refractivity contribution in [3.8, 4) is 0 Å². The number of aliphatic hydroxyl groups is 1. The molecule has 1 saturated carbocycles. The molecule has 0 aromatic carbocycles. The lowest BCUT2D eigenvalue weighted by Crippen LogP contribution is -2.11. The molecule has 0 bridgehead atoms. The lowest BCUT2D eigenvalue weighted by Gasteiger charge is -2.23. The normalized spacial score (nSPS) is 17.9. The second-order valence-corrected chi connectivity index (χ2v) is 4.87. The Morgan fingerprint density at radius 3 is 2.62 bits per heavy atom. The Balaban J connectivity index is 2.24. The molecule has 16 heavy (non-hydrogen) atoms. The highest BCUT2D eigenvalue weighted by Gasteiger charge is 2.22. The number of nitrogens with zero attached hydrogens (tertiary/aromatic N) is 2. The van der Waals surface area contributed by atoms with Crippen molar-refractivity contribution in [3.63, 3.8) is 0 Å². The summed E-state index contributed by atoms with van der Waals surface area (Å²) in [6.07, 6.45) is 7.37. The maximum absolute atomic E-state index is 9.00. The third kappa shape index (κ3) is 2.14. The Labute approximate surface area is 97.5 Å². The maximum atomic E-state index is 9.00. The lowest BCUT2D eigenvalue weighted by molar-refractivity contribution is 0.295. The van der Waals surface area contributed by atoms with E-state index in [9.17, 15) is 0 Å². The summed E-state index contributed by atoms with van der Waals surface area (Å²) in [5.74, 6) is 1.72. The van der Waals surface area contributed by atoms with Crippen molar-refractivity contribution in [2.45, 2.75) is 51.4 Å². The van der Waals surface area contributed by atoms with E-state index < -0.39 is 0 Å². The van der Waals surface area contributed by atoms with Gasteiger partial charge in [-0.2, -0.15) is 0 Å². The molecule has 0 radical (unpaired) electrons. The standard InChI is InChI=1S/C13H22N2O/c1-10-13(11-6-4-3-5-7-11)15(2)12(14-10)8-9-16/h11,16H,3-9H2,1-2H3. The molecule has 90 valence electrons. The fourth-order valence-electron chi connectivity index (χ4n) is 2.98. The van der Waals surface area contributed by atoms with Crippen LogP contribution in [0.25, 0.3) is 0 Å². The SMILES string of the molecule is Cc1nc(CCO)n(C)c1C1CCCCC1. The molecule has 3 nitrogen and oxygen atoms in total. The van der Waals surface area contributed by atoms with Gasteiger partial charge in [-0.3, -0.25) is 0 Å². The van der Waals surface area contributed by atoms with E-state index in [2.05, 4.69) is 23.5 Å². The van der Waals surface area contributed by atoms with Crippen LogP contribution in [0.15, 0.2) is 0 Å². The monoisotopic (exact) mass is 222 g/mol. The van der Waals surface area contributed by atoms with Gasteiger partial charge in [0.05, 0.1) is 12.3 Å². The van der Waals surface area contributed by atoms with E-state index in [1.165, 1.54) is 37.8 Å². The van der Waals surface area contributed by atoms with Gasteiger partial charge in [0, 0.05) is 25.1 Å². The van der Waals surface area contributed by atoms with Crippen molar-refractivity contribution in [3.05, 3.63) is 17.2 Å². The van der Waals surface area contributed by atoms with Crippen LogP contribution in [-0.4, -0.2) is 21.3 Å². The van der Waals surface area contributed by atoms with E-state index in [-0.39, 0.29) is 6.61 Å². The molecule has 1 heterocycles. The van der Waals surface area contributed by atoms with E-state index in [0.717, 1.165) is 11.5 Å². The number of rotatable bonds is 3. The van der Waals surface area contributed by atoms with Gasteiger partial charge >= 0.3 is 0 Å². The first kappa shape index (κ1) is 11.6. The third-order valence-electron chi connectivity index (χ3n) is 3.74. The highest BCUT2D eigenvalue weighted by atomic mass is 16.3. The summed E-state index contributed by atoms with van der Waals surface area (Å²) in [5.41, 5.74) is 2.57. The summed E-state index contributed by atoms with van der Waals surface area (Å²) in [5, 5.41) is 9.00. The van der Waals surface area contributed by atoms with Crippen LogP contribution in [-0.2, 0) is 13.5 Å². The molecule has 0 unspecified atom stereocenters.